The molecule has 0 bridgehead atoms. The van der Waals surface area contributed by atoms with Gasteiger partial charge in [0.15, 0.2) is 0 Å². The van der Waals surface area contributed by atoms with Crippen LogP contribution in [0.5, 0.6) is 0 Å². The maximum absolute atomic E-state index is 12.7. The van der Waals surface area contributed by atoms with Crippen LogP contribution in [0.1, 0.15) is 39.2 Å². The van der Waals surface area contributed by atoms with Gasteiger partial charge < -0.3 is 4.90 Å². The van der Waals surface area contributed by atoms with E-state index >= 15 is 0 Å². The number of thiophene rings is 1. The minimum Gasteiger partial charge on any atom is -0.331 e. The normalized spacial score (nSPS) is 14.8. The molecule has 2 aromatic rings. The largest absolute Gasteiger partial charge is 0.416 e. The second kappa shape index (κ2) is 6.00. The molecule has 1 heterocycles. The minimum atomic E-state index is -4.33. The van der Waals surface area contributed by atoms with Crippen molar-refractivity contribution in [3.05, 3.63) is 57.3 Å². The van der Waals surface area contributed by atoms with E-state index in [2.05, 4.69) is 0 Å². The van der Waals surface area contributed by atoms with E-state index in [0.717, 1.165) is 30.5 Å². The molecule has 6 heteroatoms. The summed E-state index contributed by atoms with van der Waals surface area (Å²) in [6.07, 6.45) is -2.42. The van der Waals surface area contributed by atoms with E-state index in [1.165, 1.54) is 23.5 Å². The SMILES string of the molecule is Cc1ccsc1C(=O)N(Cc1ccc(C(F)(F)F)cc1)C1CC1. The number of nitrogens with zero attached hydrogens (tertiary/aromatic N) is 1. The summed E-state index contributed by atoms with van der Waals surface area (Å²) in [5, 5.41) is 1.88. The summed E-state index contributed by atoms with van der Waals surface area (Å²) in [7, 11) is 0. The fraction of sp³-hybridized carbons (Fsp3) is 0.353. The van der Waals surface area contributed by atoms with Crippen LogP contribution in [0.4, 0.5) is 13.2 Å². The molecule has 0 spiro atoms. The third-order valence-electron chi connectivity index (χ3n) is 3.94. The molecule has 0 N–H and O–H groups in total. The topological polar surface area (TPSA) is 20.3 Å². The van der Waals surface area contributed by atoms with Crippen LogP contribution in [0.3, 0.4) is 0 Å². The number of benzene rings is 1. The van der Waals surface area contributed by atoms with Gasteiger partial charge in [0.25, 0.3) is 5.91 Å². The lowest BCUT2D eigenvalue weighted by atomic mass is 10.1. The van der Waals surface area contributed by atoms with Crippen LogP contribution >= 0.6 is 11.3 Å². The summed E-state index contributed by atoms with van der Waals surface area (Å²) in [6, 6.07) is 7.15. The fourth-order valence-electron chi connectivity index (χ4n) is 2.47. The number of aryl methyl sites for hydroxylation is 1. The molecule has 3 rings (SSSR count). The molecule has 1 amide bonds. The number of halogens is 3. The Hall–Kier alpha value is -1.82. The van der Waals surface area contributed by atoms with Gasteiger partial charge in [-0.2, -0.15) is 13.2 Å². The van der Waals surface area contributed by atoms with Crippen molar-refractivity contribution in [1.82, 2.24) is 4.90 Å². The maximum Gasteiger partial charge on any atom is 0.416 e. The molecular formula is C17H16F3NOS. The molecule has 0 saturated heterocycles. The molecule has 0 aliphatic heterocycles. The van der Waals surface area contributed by atoms with Gasteiger partial charge in [-0.1, -0.05) is 12.1 Å². The average molecular weight is 339 g/mol. The van der Waals surface area contributed by atoms with Crippen molar-refractivity contribution in [3.8, 4) is 0 Å². The van der Waals surface area contributed by atoms with E-state index in [-0.39, 0.29) is 11.9 Å². The Morgan fingerprint density at radius 3 is 2.35 bits per heavy atom. The van der Waals surface area contributed by atoms with Crippen molar-refractivity contribution < 1.29 is 18.0 Å². The lowest BCUT2D eigenvalue weighted by Crippen LogP contribution is -2.32. The molecule has 1 aliphatic carbocycles. The fourth-order valence-corrected chi connectivity index (χ4v) is 3.35. The zero-order valence-electron chi connectivity index (χ0n) is 12.6. The van der Waals surface area contributed by atoms with Gasteiger partial charge in [-0.05, 0) is 54.5 Å². The number of amides is 1. The second-order valence-corrected chi connectivity index (χ2v) is 6.71. The molecule has 1 fully saturated rings. The Balaban J connectivity index is 1.78. The van der Waals surface area contributed by atoms with E-state index in [1.54, 1.807) is 4.90 Å². The van der Waals surface area contributed by atoms with Crippen molar-refractivity contribution in [3.63, 3.8) is 0 Å². The van der Waals surface area contributed by atoms with E-state index in [1.807, 2.05) is 18.4 Å². The lowest BCUT2D eigenvalue weighted by molar-refractivity contribution is -0.137. The standard InChI is InChI=1S/C17H16F3NOS/c1-11-8-9-23-15(11)16(22)21(14-6-7-14)10-12-2-4-13(5-3-12)17(18,19)20/h2-5,8-9,14H,6-7,10H2,1H3. The quantitative estimate of drug-likeness (QED) is 0.777. The van der Waals surface area contributed by atoms with Gasteiger partial charge >= 0.3 is 6.18 Å². The summed E-state index contributed by atoms with van der Waals surface area (Å²) in [4.78, 5) is 15.2. The molecule has 0 unspecified atom stereocenters. The molecule has 1 aromatic heterocycles. The van der Waals surface area contributed by atoms with E-state index in [9.17, 15) is 18.0 Å². The Labute approximate surface area is 136 Å². The highest BCUT2D eigenvalue weighted by molar-refractivity contribution is 7.12. The van der Waals surface area contributed by atoms with Gasteiger partial charge in [-0.3, -0.25) is 4.79 Å². The monoisotopic (exact) mass is 339 g/mol. The maximum atomic E-state index is 12.7. The number of carbonyl (C=O) groups excluding carboxylic acids is 1. The zero-order valence-corrected chi connectivity index (χ0v) is 13.4. The van der Waals surface area contributed by atoms with Gasteiger partial charge in [0, 0.05) is 12.6 Å². The van der Waals surface area contributed by atoms with Crippen molar-refractivity contribution >= 4 is 17.2 Å². The highest BCUT2D eigenvalue weighted by Crippen LogP contribution is 2.33. The number of hydrogen-bond acceptors (Lipinski definition) is 2. The predicted octanol–water partition coefficient (Wildman–Crippen LogP) is 4.88. The highest BCUT2D eigenvalue weighted by atomic mass is 32.1. The Morgan fingerprint density at radius 1 is 1.22 bits per heavy atom. The van der Waals surface area contributed by atoms with Crippen LogP contribution in [0.25, 0.3) is 0 Å². The number of carbonyl (C=O) groups is 1. The molecule has 2 nitrogen and oxygen atoms in total. The van der Waals surface area contributed by atoms with Crippen molar-refractivity contribution in [2.45, 2.75) is 38.5 Å². The minimum absolute atomic E-state index is 0.0279. The van der Waals surface area contributed by atoms with E-state index in [4.69, 9.17) is 0 Å². The van der Waals surface area contributed by atoms with Gasteiger partial charge in [-0.15, -0.1) is 11.3 Å². The summed E-state index contributed by atoms with van der Waals surface area (Å²) in [5.74, 6) is -0.0279. The van der Waals surface area contributed by atoms with Gasteiger partial charge in [0.2, 0.25) is 0 Å². The van der Waals surface area contributed by atoms with Crippen LogP contribution < -0.4 is 0 Å². The summed E-state index contributed by atoms with van der Waals surface area (Å²) < 4.78 is 37.8. The third-order valence-corrected chi connectivity index (χ3v) is 4.94. The summed E-state index contributed by atoms with van der Waals surface area (Å²) >= 11 is 1.41. The summed E-state index contributed by atoms with van der Waals surface area (Å²) in [6.45, 7) is 2.24. The van der Waals surface area contributed by atoms with E-state index < -0.39 is 11.7 Å². The van der Waals surface area contributed by atoms with Crippen molar-refractivity contribution in [2.75, 3.05) is 0 Å². The predicted molar refractivity (Wildman–Crippen MR) is 83.4 cm³/mol. The first-order valence-corrected chi connectivity index (χ1v) is 8.25. The molecule has 1 saturated carbocycles. The molecule has 0 atom stereocenters. The zero-order chi connectivity index (χ0) is 16.6. The van der Waals surface area contributed by atoms with Crippen LogP contribution in [0, 0.1) is 6.92 Å². The van der Waals surface area contributed by atoms with Gasteiger partial charge in [-0.25, -0.2) is 0 Å². The van der Waals surface area contributed by atoms with Crippen LogP contribution in [0.2, 0.25) is 0 Å². The number of hydrogen-bond donors (Lipinski definition) is 0. The molecule has 1 aliphatic rings. The Kier molecular flexibility index (Phi) is 4.19. The highest BCUT2D eigenvalue weighted by Gasteiger charge is 2.34. The van der Waals surface area contributed by atoms with Crippen LogP contribution in [-0.2, 0) is 12.7 Å². The lowest BCUT2D eigenvalue weighted by Gasteiger charge is -2.22. The second-order valence-electron chi connectivity index (χ2n) is 5.79. The number of alkyl halides is 3. The van der Waals surface area contributed by atoms with Crippen LogP contribution in [-0.4, -0.2) is 16.8 Å². The number of rotatable bonds is 4. The summed E-state index contributed by atoms with van der Waals surface area (Å²) in [5.41, 5.74) is 0.991. The third kappa shape index (κ3) is 3.58. The Morgan fingerprint density at radius 2 is 1.87 bits per heavy atom. The molecule has 1 aromatic carbocycles. The average Bonchev–Trinajstić information content (AvgIpc) is 3.25. The van der Waals surface area contributed by atoms with Gasteiger partial charge in [0.1, 0.15) is 0 Å². The van der Waals surface area contributed by atoms with E-state index in [0.29, 0.717) is 17.0 Å². The molecular weight excluding hydrogens is 323 g/mol. The molecule has 23 heavy (non-hydrogen) atoms. The van der Waals surface area contributed by atoms with Gasteiger partial charge in [0.05, 0.1) is 10.4 Å². The first kappa shape index (κ1) is 16.1. The first-order valence-electron chi connectivity index (χ1n) is 7.37. The van der Waals surface area contributed by atoms with Crippen molar-refractivity contribution in [1.29, 1.82) is 0 Å². The molecule has 0 radical (unpaired) electrons. The molecule has 122 valence electrons. The first-order chi connectivity index (χ1) is 10.9. The Bertz CT molecular complexity index is 701. The van der Waals surface area contributed by atoms with Crippen molar-refractivity contribution in [2.24, 2.45) is 0 Å². The smallest absolute Gasteiger partial charge is 0.331 e. The van der Waals surface area contributed by atoms with Crippen LogP contribution in [0.15, 0.2) is 35.7 Å².